The van der Waals surface area contributed by atoms with E-state index in [2.05, 4.69) is 32.1 Å². The lowest BCUT2D eigenvalue weighted by atomic mass is 9.95. The number of fused-ring (bicyclic) bond motifs is 1. The van der Waals surface area contributed by atoms with Gasteiger partial charge in [0.1, 0.15) is 18.7 Å². The zero-order valence-corrected chi connectivity index (χ0v) is 22.0. The summed E-state index contributed by atoms with van der Waals surface area (Å²) < 4.78 is 5.57. The molecule has 11 heteroatoms. The van der Waals surface area contributed by atoms with E-state index in [9.17, 15) is 14.4 Å². The Balaban J connectivity index is 1.28. The largest absolute Gasteiger partial charge is 0.369 e. The number of carbonyl (C=O) groups excluding carboxylic acids is 3. The Kier molecular flexibility index (Phi) is 8.16. The number of amides is 2. The number of likely N-dealkylation sites (tertiary alicyclic amines) is 1. The van der Waals surface area contributed by atoms with Crippen molar-refractivity contribution >= 4 is 23.3 Å². The summed E-state index contributed by atoms with van der Waals surface area (Å²) in [7, 11) is 0. The number of nitrogens with one attached hydrogen (secondary N) is 1. The van der Waals surface area contributed by atoms with E-state index in [0.717, 1.165) is 70.5 Å². The highest BCUT2D eigenvalue weighted by Gasteiger charge is 2.53. The molecule has 1 saturated carbocycles. The molecule has 4 aliphatic rings. The number of azide groups is 1. The number of hydrogen-bond acceptors (Lipinski definition) is 7. The third kappa shape index (κ3) is 5.36. The van der Waals surface area contributed by atoms with Crippen molar-refractivity contribution in [3.05, 3.63) is 40.3 Å². The Morgan fingerprint density at radius 1 is 1.16 bits per heavy atom. The molecule has 5 rings (SSSR count). The van der Waals surface area contributed by atoms with Gasteiger partial charge >= 0.3 is 0 Å². The molecule has 0 spiro atoms. The Morgan fingerprint density at radius 3 is 2.53 bits per heavy atom. The Hall–Kier alpha value is -3.14. The predicted octanol–water partition coefficient (Wildman–Crippen LogP) is 2.36. The molecular formula is C27H37N7O4. The number of carbonyl (C=O) groups is 3. The van der Waals surface area contributed by atoms with Crippen molar-refractivity contribution in [2.75, 3.05) is 50.8 Å². The molecular weight excluding hydrogens is 486 g/mol. The van der Waals surface area contributed by atoms with Crippen LogP contribution in [0.4, 0.5) is 5.69 Å². The Bertz CT molecular complexity index is 1080. The fraction of sp³-hybridized carbons (Fsp3) is 0.667. The van der Waals surface area contributed by atoms with Gasteiger partial charge in [-0.1, -0.05) is 24.9 Å². The SMILES string of the molecule is CCCN1CCN(c2ccc(C(=O)N[C@H](C(=O)N3C[C@H](N=[N+]=[N-])[C@H]4OCC(=O)[C@H]43)C3CCCC3)cc2)CC1. The normalized spacial score (nSPS) is 26.8. The van der Waals surface area contributed by atoms with Crippen molar-refractivity contribution in [3.63, 3.8) is 0 Å². The van der Waals surface area contributed by atoms with Gasteiger partial charge in [-0.25, -0.2) is 0 Å². The molecule has 0 unspecified atom stereocenters. The first-order valence-corrected chi connectivity index (χ1v) is 13.9. The summed E-state index contributed by atoms with van der Waals surface area (Å²) >= 11 is 0. The van der Waals surface area contributed by atoms with Crippen LogP contribution in [-0.2, 0) is 14.3 Å². The maximum Gasteiger partial charge on any atom is 0.251 e. The molecule has 1 N–H and O–H groups in total. The van der Waals surface area contributed by atoms with Crippen LogP contribution in [0.5, 0.6) is 0 Å². The van der Waals surface area contributed by atoms with E-state index in [1.807, 2.05) is 24.3 Å². The quantitative estimate of drug-likeness (QED) is 0.316. The van der Waals surface area contributed by atoms with Gasteiger partial charge in [0, 0.05) is 48.9 Å². The van der Waals surface area contributed by atoms with E-state index in [1.54, 1.807) is 0 Å². The first-order chi connectivity index (χ1) is 18.5. The summed E-state index contributed by atoms with van der Waals surface area (Å²) in [5, 5.41) is 6.78. The molecule has 38 heavy (non-hydrogen) atoms. The average molecular weight is 524 g/mol. The van der Waals surface area contributed by atoms with Gasteiger partial charge in [-0.05, 0) is 61.5 Å². The van der Waals surface area contributed by atoms with Crippen molar-refractivity contribution in [2.24, 2.45) is 11.0 Å². The van der Waals surface area contributed by atoms with Gasteiger partial charge in [0.2, 0.25) is 5.91 Å². The van der Waals surface area contributed by atoms with E-state index < -0.39 is 24.2 Å². The van der Waals surface area contributed by atoms with Crippen LogP contribution in [-0.4, -0.2) is 97.5 Å². The average Bonchev–Trinajstić information content (AvgIpc) is 3.68. The molecule has 0 aromatic heterocycles. The first-order valence-electron chi connectivity index (χ1n) is 13.9. The highest BCUT2D eigenvalue weighted by molar-refractivity contribution is 5.99. The van der Waals surface area contributed by atoms with Gasteiger partial charge in [-0.3, -0.25) is 19.3 Å². The summed E-state index contributed by atoms with van der Waals surface area (Å²) in [5.74, 6) is -0.789. The topological polar surface area (TPSA) is 131 Å². The summed E-state index contributed by atoms with van der Waals surface area (Å²) in [5.41, 5.74) is 10.5. The van der Waals surface area contributed by atoms with Gasteiger partial charge < -0.3 is 19.9 Å². The molecule has 204 valence electrons. The summed E-state index contributed by atoms with van der Waals surface area (Å²) in [6.45, 7) is 7.33. The molecule has 3 heterocycles. The second-order valence-corrected chi connectivity index (χ2v) is 10.8. The molecule has 1 aromatic rings. The fourth-order valence-electron chi connectivity index (χ4n) is 6.47. The van der Waals surface area contributed by atoms with Crippen LogP contribution >= 0.6 is 0 Å². The number of Topliss-reactive ketones (excluding diaryl/α,β-unsaturated/α-hetero) is 1. The molecule has 2 amide bonds. The maximum absolute atomic E-state index is 13.8. The maximum atomic E-state index is 13.8. The van der Waals surface area contributed by atoms with Crippen LogP contribution in [0.25, 0.3) is 10.4 Å². The van der Waals surface area contributed by atoms with Crippen molar-refractivity contribution in [1.82, 2.24) is 15.1 Å². The molecule has 3 aliphatic heterocycles. The van der Waals surface area contributed by atoms with Gasteiger partial charge in [-0.2, -0.15) is 0 Å². The fourth-order valence-corrected chi connectivity index (χ4v) is 6.47. The zero-order chi connectivity index (χ0) is 26.6. The Labute approximate surface area is 223 Å². The first kappa shape index (κ1) is 26.5. The lowest BCUT2D eigenvalue weighted by molar-refractivity contribution is -0.139. The van der Waals surface area contributed by atoms with Gasteiger partial charge in [0.05, 0.1) is 12.1 Å². The molecule has 0 radical (unpaired) electrons. The minimum absolute atomic E-state index is 0.000434. The highest BCUT2D eigenvalue weighted by atomic mass is 16.5. The molecule has 4 fully saturated rings. The number of ether oxygens (including phenoxy) is 1. The monoisotopic (exact) mass is 523 g/mol. The minimum atomic E-state index is -0.768. The second-order valence-electron chi connectivity index (χ2n) is 10.8. The molecule has 1 aliphatic carbocycles. The molecule has 4 atom stereocenters. The number of benzene rings is 1. The van der Waals surface area contributed by atoms with E-state index in [-0.39, 0.29) is 36.7 Å². The van der Waals surface area contributed by atoms with Crippen LogP contribution < -0.4 is 10.2 Å². The van der Waals surface area contributed by atoms with Crippen molar-refractivity contribution in [2.45, 2.75) is 63.3 Å². The highest BCUT2D eigenvalue weighted by Crippen LogP contribution is 2.34. The van der Waals surface area contributed by atoms with E-state index in [0.29, 0.717) is 5.56 Å². The van der Waals surface area contributed by atoms with Crippen LogP contribution in [0.3, 0.4) is 0 Å². The van der Waals surface area contributed by atoms with Crippen LogP contribution in [0.2, 0.25) is 0 Å². The van der Waals surface area contributed by atoms with Gasteiger partial charge in [0.25, 0.3) is 5.91 Å². The smallest absolute Gasteiger partial charge is 0.251 e. The Morgan fingerprint density at radius 2 is 1.87 bits per heavy atom. The number of piperazine rings is 1. The van der Waals surface area contributed by atoms with Crippen LogP contribution in [0.15, 0.2) is 29.4 Å². The lowest BCUT2D eigenvalue weighted by Gasteiger charge is -2.36. The van der Waals surface area contributed by atoms with Crippen molar-refractivity contribution < 1.29 is 19.1 Å². The van der Waals surface area contributed by atoms with Gasteiger partial charge in [0.15, 0.2) is 5.78 Å². The van der Waals surface area contributed by atoms with E-state index in [1.165, 1.54) is 4.90 Å². The van der Waals surface area contributed by atoms with Crippen molar-refractivity contribution in [3.8, 4) is 0 Å². The standard InChI is InChI=1S/C27H37N7O4/c1-2-11-32-12-14-33(15-13-32)20-9-7-19(8-10-20)26(36)29-23(18-5-3-4-6-18)27(37)34-16-21(30-31-28)25-24(34)22(35)17-38-25/h7-10,18,21,23-25H,2-6,11-17H2,1H3,(H,29,36)/t21-,23-,24+,25+/m0/s1. The molecule has 0 bridgehead atoms. The number of ketones is 1. The summed E-state index contributed by atoms with van der Waals surface area (Å²) in [4.78, 5) is 48.9. The van der Waals surface area contributed by atoms with E-state index >= 15 is 0 Å². The molecule has 11 nitrogen and oxygen atoms in total. The third-order valence-corrected chi connectivity index (χ3v) is 8.47. The molecule has 1 aromatic carbocycles. The third-order valence-electron chi connectivity index (χ3n) is 8.47. The second kappa shape index (κ2) is 11.7. The minimum Gasteiger partial charge on any atom is -0.369 e. The lowest BCUT2D eigenvalue weighted by Crippen LogP contribution is -2.54. The zero-order valence-electron chi connectivity index (χ0n) is 22.0. The summed E-state index contributed by atoms with van der Waals surface area (Å²) in [6.07, 6.45) is 4.21. The number of nitrogens with zero attached hydrogens (tertiary/aromatic N) is 6. The van der Waals surface area contributed by atoms with Crippen LogP contribution in [0, 0.1) is 5.92 Å². The number of rotatable bonds is 8. The van der Waals surface area contributed by atoms with Gasteiger partial charge in [-0.15, -0.1) is 0 Å². The van der Waals surface area contributed by atoms with Crippen molar-refractivity contribution in [1.29, 1.82) is 0 Å². The summed E-state index contributed by atoms with van der Waals surface area (Å²) in [6, 6.07) is 5.46. The number of hydrogen-bond donors (Lipinski definition) is 1. The molecule has 3 saturated heterocycles. The van der Waals surface area contributed by atoms with E-state index in [4.69, 9.17) is 10.3 Å². The van der Waals surface area contributed by atoms with Crippen LogP contribution in [0.1, 0.15) is 49.4 Å². The number of anilines is 1. The predicted molar refractivity (Wildman–Crippen MR) is 142 cm³/mol.